The molecule has 0 saturated carbocycles. The average molecular weight is 311 g/mol. The summed E-state index contributed by atoms with van der Waals surface area (Å²) < 4.78 is 0. The van der Waals surface area contributed by atoms with Crippen LogP contribution in [0.25, 0.3) is 0 Å². The first-order chi connectivity index (χ1) is 9.33. The van der Waals surface area contributed by atoms with E-state index in [1.807, 2.05) is 6.07 Å². The molecule has 1 atom stereocenters. The topological polar surface area (TPSA) is 20.2 Å². The number of aliphatic hydroxyl groups excluding tert-OH is 1. The lowest BCUT2D eigenvalue weighted by Crippen LogP contribution is -2.56. The summed E-state index contributed by atoms with van der Waals surface area (Å²) in [5, 5.41) is 11.0. The number of hydrogen-bond donors (Lipinski definition) is 1. The second-order valence-electron chi connectivity index (χ2n) is 6.60. The molecule has 0 spiro atoms. The Morgan fingerprint density at radius 3 is 1.75 bits per heavy atom. The molecule has 1 unspecified atom stereocenters. The SMILES string of the molecule is CC(C)[Si](C(C)C)(C(C)C)C(O)CSc1ccccc1. The van der Waals surface area contributed by atoms with Crippen LogP contribution in [0, 0.1) is 0 Å². The lowest BCUT2D eigenvalue weighted by Gasteiger charge is -2.46. The maximum Gasteiger partial charge on any atom is 0.0959 e. The predicted octanol–water partition coefficient (Wildman–Crippen LogP) is 5.36. The van der Waals surface area contributed by atoms with Gasteiger partial charge >= 0.3 is 0 Å². The summed E-state index contributed by atoms with van der Waals surface area (Å²) in [6.45, 7) is 13.8. The quantitative estimate of drug-likeness (QED) is 0.540. The summed E-state index contributed by atoms with van der Waals surface area (Å²) in [4.78, 5) is 1.26. The van der Waals surface area contributed by atoms with Crippen LogP contribution in [-0.2, 0) is 0 Å². The summed E-state index contributed by atoms with van der Waals surface area (Å²) in [6.07, 6.45) is 0. The lowest BCUT2D eigenvalue weighted by atomic mass is 10.4. The van der Waals surface area contributed by atoms with E-state index in [0.717, 1.165) is 5.75 Å². The minimum atomic E-state index is -1.75. The number of thioether (sulfide) groups is 1. The Kier molecular flexibility index (Phi) is 6.82. The molecule has 0 saturated heterocycles. The van der Waals surface area contributed by atoms with E-state index in [9.17, 15) is 5.11 Å². The molecule has 20 heavy (non-hydrogen) atoms. The number of hydrogen-bond acceptors (Lipinski definition) is 2. The smallest absolute Gasteiger partial charge is 0.0959 e. The van der Waals surface area contributed by atoms with E-state index >= 15 is 0 Å². The number of aliphatic hydroxyl groups is 1. The van der Waals surface area contributed by atoms with Crippen LogP contribution < -0.4 is 0 Å². The average Bonchev–Trinajstić information content (AvgIpc) is 2.37. The molecule has 0 bridgehead atoms. The van der Waals surface area contributed by atoms with E-state index in [1.54, 1.807) is 11.8 Å². The molecule has 1 rings (SSSR count). The first kappa shape index (κ1) is 17.8. The van der Waals surface area contributed by atoms with Gasteiger partial charge in [-0.1, -0.05) is 59.7 Å². The predicted molar refractivity (Wildman–Crippen MR) is 94.2 cm³/mol. The lowest BCUT2D eigenvalue weighted by molar-refractivity contribution is 0.258. The van der Waals surface area contributed by atoms with E-state index in [4.69, 9.17) is 0 Å². The Labute approximate surface area is 130 Å². The van der Waals surface area contributed by atoms with E-state index in [0.29, 0.717) is 16.6 Å². The van der Waals surface area contributed by atoms with Gasteiger partial charge in [-0.25, -0.2) is 0 Å². The van der Waals surface area contributed by atoms with E-state index < -0.39 is 8.07 Å². The van der Waals surface area contributed by atoms with Gasteiger partial charge in [-0.05, 0) is 28.8 Å². The van der Waals surface area contributed by atoms with Crippen LogP contribution in [-0.4, -0.2) is 24.7 Å². The zero-order valence-electron chi connectivity index (χ0n) is 13.8. The van der Waals surface area contributed by atoms with Gasteiger partial charge in [0.25, 0.3) is 0 Å². The maximum atomic E-state index is 11.0. The summed E-state index contributed by atoms with van der Waals surface area (Å²) in [5.41, 5.74) is 1.67. The minimum Gasteiger partial charge on any atom is -0.396 e. The first-order valence-corrected chi connectivity index (χ1v) is 11.0. The molecule has 114 valence electrons. The monoisotopic (exact) mass is 310 g/mol. The van der Waals surface area contributed by atoms with Crippen molar-refractivity contribution in [2.24, 2.45) is 0 Å². The summed E-state index contributed by atoms with van der Waals surface area (Å²) >= 11 is 1.79. The van der Waals surface area contributed by atoms with Crippen molar-refractivity contribution in [3.05, 3.63) is 30.3 Å². The van der Waals surface area contributed by atoms with Crippen LogP contribution in [0.15, 0.2) is 35.2 Å². The van der Waals surface area contributed by atoms with Crippen molar-refractivity contribution in [3.63, 3.8) is 0 Å². The third-order valence-electron chi connectivity index (χ3n) is 4.73. The standard InChI is InChI=1S/C17H30OSSi/c1-13(2)20(14(3)4,15(5)6)17(18)12-19-16-10-8-7-9-11-16/h7-11,13-15,17-18H,12H2,1-6H3. The fourth-order valence-corrected chi connectivity index (χ4v) is 12.4. The molecule has 0 amide bonds. The van der Waals surface area contributed by atoms with Crippen LogP contribution in [0.3, 0.4) is 0 Å². The third kappa shape index (κ3) is 3.69. The van der Waals surface area contributed by atoms with E-state index in [2.05, 4.69) is 65.8 Å². The van der Waals surface area contributed by atoms with Gasteiger partial charge in [0.2, 0.25) is 0 Å². The molecule has 0 aliphatic heterocycles. The van der Waals surface area contributed by atoms with Crippen LogP contribution in [0.4, 0.5) is 0 Å². The highest BCUT2D eigenvalue weighted by Crippen LogP contribution is 2.44. The highest BCUT2D eigenvalue weighted by atomic mass is 32.2. The molecule has 1 aromatic carbocycles. The van der Waals surface area contributed by atoms with Crippen LogP contribution in [0.1, 0.15) is 41.5 Å². The van der Waals surface area contributed by atoms with Gasteiger partial charge in [0.15, 0.2) is 0 Å². The van der Waals surface area contributed by atoms with Gasteiger partial charge < -0.3 is 5.11 Å². The summed E-state index contributed by atoms with van der Waals surface area (Å²) in [7, 11) is -1.75. The molecule has 0 aliphatic rings. The maximum absolute atomic E-state index is 11.0. The van der Waals surface area contributed by atoms with Crippen molar-refractivity contribution >= 4 is 19.8 Å². The van der Waals surface area contributed by atoms with Crippen LogP contribution in [0.5, 0.6) is 0 Å². The van der Waals surface area contributed by atoms with E-state index in [-0.39, 0.29) is 5.73 Å². The van der Waals surface area contributed by atoms with Crippen molar-refractivity contribution in [2.75, 3.05) is 5.75 Å². The Hall–Kier alpha value is -0.253. The van der Waals surface area contributed by atoms with Crippen molar-refractivity contribution in [2.45, 2.75) is 68.8 Å². The second-order valence-corrected chi connectivity index (χ2v) is 13.8. The zero-order chi connectivity index (χ0) is 15.3. The third-order valence-corrected chi connectivity index (χ3v) is 13.5. The molecule has 1 aromatic rings. The number of benzene rings is 1. The molecular weight excluding hydrogens is 280 g/mol. The molecule has 0 heterocycles. The molecule has 0 radical (unpaired) electrons. The fourth-order valence-electron chi connectivity index (χ4n) is 3.99. The van der Waals surface area contributed by atoms with Gasteiger partial charge in [0.1, 0.15) is 0 Å². The fraction of sp³-hybridized carbons (Fsp3) is 0.647. The van der Waals surface area contributed by atoms with Gasteiger partial charge in [-0.2, -0.15) is 0 Å². The Morgan fingerprint density at radius 2 is 1.35 bits per heavy atom. The summed E-state index contributed by atoms with van der Waals surface area (Å²) in [6, 6.07) is 10.4. The first-order valence-electron chi connectivity index (χ1n) is 7.69. The molecule has 3 heteroatoms. The van der Waals surface area contributed by atoms with Gasteiger partial charge in [0, 0.05) is 10.6 Å². The molecule has 0 aliphatic carbocycles. The molecule has 1 nitrogen and oxygen atoms in total. The van der Waals surface area contributed by atoms with Crippen molar-refractivity contribution < 1.29 is 5.11 Å². The highest BCUT2D eigenvalue weighted by molar-refractivity contribution is 7.99. The Morgan fingerprint density at radius 1 is 0.900 bits per heavy atom. The molecular formula is C17H30OSSi. The Balaban J connectivity index is 2.86. The normalized spacial score (nSPS) is 14.3. The largest absolute Gasteiger partial charge is 0.396 e. The second kappa shape index (κ2) is 7.67. The van der Waals surface area contributed by atoms with Crippen LogP contribution in [0.2, 0.25) is 16.6 Å². The Bertz CT molecular complexity index is 367. The molecule has 0 aromatic heterocycles. The van der Waals surface area contributed by atoms with E-state index in [1.165, 1.54) is 4.90 Å². The van der Waals surface area contributed by atoms with Crippen molar-refractivity contribution in [3.8, 4) is 0 Å². The highest BCUT2D eigenvalue weighted by Gasteiger charge is 2.48. The van der Waals surface area contributed by atoms with Crippen LogP contribution >= 0.6 is 11.8 Å². The number of rotatable bonds is 7. The molecule has 0 fully saturated rings. The zero-order valence-corrected chi connectivity index (χ0v) is 15.6. The molecule has 1 N–H and O–H groups in total. The van der Waals surface area contributed by atoms with Crippen molar-refractivity contribution in [1.82, 2.24) is 0 Å². The van der Waals surface area contributed by atoms with Crippen molar-refractivity contribution in [1.29, 1.82) is 0 Å². The van der Waals surface area contributed by atoms with Gasteiger partial charge in [0.05, 0.1) is 13.8 Å². The summed E-state index contributed by atoms with van der Waals surface area (Å²) in [5.74, 6) is 0.824. The minimum absolute atomic E-state index is 0.146. The van der Waals surface area contributed by atoms with Gasteiger partial charge in [-0.15, -0.1) is 11.8 Å². The van der Waals surface area contributed by atoms with Gasteiger partial charge in [-0.3, -0.25) is 0 Å².